The van der Waals surface area contributed by atoms with Gasteiger partial charge in [-0.3, -0.25) is 9.78 Å². The molecule has 0 radical (unpaired) electrons. The van der Waals surface area contributed by atoms with Crippen molar-refractivity contribution >= 4 is 22.7 Å². The van der Waals surface area contributed by atoms with Gasteiger partial charge in [0.25, 0.3) is 0 Å². The number of benzene rings is 4. The van der Waals surface area contributed by atoms with Crippen LogP contribution in [0.4, 0.5) is 13.2 Å². The van der Waals surface area contributed by atoms with Gasteiger partial charge in [0.2, 0.25) is 0 Å². The molecule has 0 saturated heterocycles. The standard InChI is InChI=1S/C32H23F3N2O3/c33-32(34,35)27-11-5-10-25-28(26(19-37-29(25)27)30(38)22-7-2-1-3-8-22)24-9-4-6-21(16-24)18-36-17-20-12-14-23(15-13-20)31(39)40/h1-16,19,36H,17-18H2,(H,39,40). The molecular weight excluding hydrogens is 517 g/mol. The first kappa shape index (κ1) is 26.8. The maximum Gasteiger partial charge on any atom is 0.418 e. The fourth-order valence-electron chi connectivity index (χ4n) is 4.63. The number of carbonyl (C=O) groups excluding carboxylic acids is 1. The number of aromatic carboxylic acids is 1. The minimum absolute atomic E-state index is 0.204. The highest BCUT2D eigenvalue weighted by atomic mass is 19.4. The van der Waals surface area contributed by atoms with Crippen molar-refractivity contribution in [2.45, 2.75) is 19.3 Å². The van der Waals surface area contributed by atoms with Gasteiger partial charge in [-0.15, -0.1) is 0 Å². The van der Waals surface area contributed by atoms with Crippen LogP contribution in [0.25, 0.3) is 22.0 Å². The number of ketones is 1. The first-order valence-corrected chi connectivity index (χ1v) is 12.4. The lowest BCUT2D eigenvalue weighted by Gasteiger charge is -2.16. The number of para-hydroxylation sites is 1. The maximum absolute atomic E-state index is 13.8. The highest BCUT2D eigenvalue weighted by Crippen LogP contribution is 2.39. The van der Waals surface area contributed by atoms with E-state index in [1.54, 1.807) is 60.7 Å². The van der Waals surface area contributed by atoms with Crippen LogP contribution in [0.15, 0.2) is 103 Å². The molecule has 200 valence electrons. The number of pyridine rings is 1. The molecule has 8 heteroatoms. The number of carboxylic acids is 1. The molecule has 0 fully saturated rings. The van der Waals surface area contributed by atoms with Gasteiger partial charge in [0.15, 0.2) is 5.78 Å². The van der Waals surface area contributed by atoms with E-state index in [9.17, 15) is 22.8 Å². The van der Waals surface area contributed by atoms with Gasteiger partial charge >= 0.3 is 12.1 Å². The summed E-state index contributed by atoms with van der Waals surface area (Å²) in [6, 6.07) is 26.3. The molecule has 1 heterocycles. The van der Waals surface area contributed by atoms with Crippen LogP contribution in [-0.4, -0.2) is 21.8 Å². The zero-order chi connectivity index (χ0) is 28.3. The summed E-state index contributed by atoms with van der Waals surface area (Å²) in [5, 5.41) is 12.6. The Kier molecular flexibility index (Phi) is 7.44. The summed E-state index contributed by atoms with van der Waals surface area (Å²) in [4.78, 5) is 28.7. The van der Waals surface area contributed by atoms with E-state index in [-0.39, 0.29) is 27.8 Å². The molecule has 0 aliphatic heterocycles. The number of alkyl halides is 3. The zero-order valence-electron chi connectivity index (χ0n) is 21.1. The van der Waals surface area contributed by atoms with Crippen LogP contribution >= 0.6 is 0 Å². The molecule has 0 atom stereocenters. The van der Waals surface area contributed by atoms with Crippen molar-refractivity contribution in [1.82, 2.24) is 10.3 Å². The van der Waals surface area contributed by atoms with E-state index in [1.165, 1.54) is 24.4 Å². The number of aromatic nitrogens is 1. The number of nitrogens with zero attached hydrogens (tertiary/aromatic N) is 1. The molecule has 0 bridgehead atoms. The second-order valence-electron chi connectivity index (χ2n) is 9.25. The van der Waals surface area contributed by atoms with Gasteiger partial charge in [-0.1, -0.05) is 72.8 Å². The monoisotopic (exact) mass is 540 g/mol. The SMILES string of the molecule is O=C(O)c1ccc(CNCc2cccc(-c3c(C(=O)c4ccccc4)cnc4c(C(F)(F)F)cccc34)c2)cc1. The zero-order valence-corrected chi connectivity index (χ0v) is 21.1. The van der Waals surface area contributed by atoms with Crippen molar-refractivity contribution in [3.8, 4) is 11.1 Å². The quantitative estimate of drug-likeness (QED) is 0.205. The Morgan fingerprint density at radius 1 is 0.775 bits per heavy atom. The van der Waals surface area contributed by atoms with Gasteiger partial charge in [-0.05, 0) is 41.0 Å². The first-order chi connectivity index (χ1) is 19.2. The number of hydrogen-bond donors (Lipinski definition) is 2. The van der Waals surface area contributed by atoms with Crippen LogP contribution in [0, 0.1) is 0 Å². The van der Waals surface area contributed by atoms with Crippen molar-refractivity contribution in [2.24, 2.45) is 0 Å². The van der Waals surface area contributed by atoms with Gasteiger partial charge in [0.05, 0.1) is 16.6 Å². The average molecular weight is 541 g/mol. The van der Waals surface area contributed by atoms with E-state index >= 15 is 0 Å². The lowest BCUT2D eigenvalue weighted by atomic mass is 9.90. The molecule has 0 spiro atoms. The second kappa shape index (κ2) is 11.1. The van der Waals surface area contributed by atoms with Crippen molar-refractivity contribution < 1.29 is 27.9 Å². The van der Waals surface area contributed by atoms with Gasteiger partial charge in [0, 0.05) is 41.4 Å². The Morgan fingerprint density at radius 3 is 2.17 bits per heavy atom. The van der Waals surface area contributed by atoms with E-state index in [0.717, 1.165) is 17.2 Å². The summed E-state index contributed by atoms with van der Waals surface area (Å²) in [5.74, 6) is -1.33. The lowest BCUT2D eigenvalue weighted by molar-refractivity contribution is -0.136. The molecule has 0 aliphatic rings. The van der Waals surface area contributed by atoms with Crippen molar-refractivity contribution in [1.29, 1.82) is 0 Å². The lowest BCUT2D eigenvalue weighted by Crippen LogP contribution is -2.13. The Labute approximate surface area is 227 Å². The Morgan fingerprint density at radius 2 is 1.48 bits per heavy atom. The van der Waals surface area contributed by atoms with E-state index in [2.05, 4.69) is 10.3 Å². The smallest absolute Gasteiger partial charge is 0.418 e. The van der Waals surface area contributed by atoms with Crippen LogP contribution in [0.5, 0.6) is 0 Å². The molecule has 0 aliphatic carbocycles. The van der Waals surface area contributed by atoms with Crippen LogP contribution < -0.4 is 5.32 Å². The molecule has 5 nitrogen and oxygen atoms in total. The van der Waals surface area contributed by atoms with Gasteiger partial charge < -0.3 is 10.4 Å². The van der Waals surface area contributed by atoms with E-state index in [0.29, 0.717) is 29.8 Å². The molecule has 4 aromatic carbocycles. The summed E-state index contributed by atoms with van der Waals surface area (Å²) >= 11 is 0. The molecule has 5 aromatic rings. The number of nitrogens with one attached hydrogen (secondary N) is 1. The Balaban J connectivity index is 1.53. The maximum atomic E-state index is 13.8. The predicted molar refractivity (Wildman–Crippen MR) is 146 cm³/mol. The number of carbonyl (C=O) groups is 2. The topological polar surface area (TPSA) is 79.3 Å². The second-order valence-corrected chi connectivity index (χ2v) is 9.25. The summed E-state index contributed by atoms with van der Waals surface area (Å²) in [7, 11) is 0. The minimum atomic E-state index is -4.61. The third-order valence-corrected chi connectivity index (χ3v) is 6.56. The molecule has 0 saturated carbocycles. The average Bonchev–Trinajstić information content (AvgIpc) is 2.96. The minimum Gasteiger partial charge on any atom is -0.478 e. The molecule has 0 amide bonds. The largest absolute Gasteiger partial charge is 0.478 e. The van der Waals surface area contributed by atoms with Crippen LogP contribution in [0.1, 0.15) is 43.0 Å². The normalized spacial score (nSPS) is 11.5. The molecular formula is C32H23F3N2O3. The van der Waals surface area contributed by atoms with Crippen LogP contribution in [0.3, 0.4) is 0 Å². The number of carboxylic acid groups (broad SMARTS) is 1. The summed E-state index contributed by atoms with van der Waals surface area (Å²) in [5.41, 5.74) is 2.47. The fraction of sp³-hybridized carbons (Fsp3) is 0.0938. The Bertz CT molecular complexity index is 1700. The van der Waals surface area contributed by atoms with Crippen molar-refractivity contribution in [3.05, 3.63) is 137 Å². The highest BCUT2D eigenvalue weighted by Gasteiger charge is 2.34. The molecule has 40 heavy (non-hydrogen) atoms. The summed E-state index contributed by atoms with van der Waals surface area (Å²) in [6.07, 6.45) is -3.38. The molecule has 2 N–H and O–H groups in total. The third kappa shape index (κ3) is 5.62. The predicted octanol–water partition coefficient (Wildman–Crippen LogP) is 7.14. The van der Waals surface area contributed by atoms with E-state index in [1.807, 2.05) is 12.1 Å². The van der Waals surface area contributed by atoms with Crippen molar-refractivity contribution in [3.63, 3.8) is 0 Å². The summed E-state index contributed by atoms with van der Waals surface area (Å²) < 4.78 is 41.5. The van der Waals surface area contributed by atoms with Gasteiger partial charge in [0.1, 0.15) is 0 Å². The van der Waals surface area contributed by atoms with Gasteiger partial charge in [-0.2, -0.15) is 13.2 Å². The molecule has 5 rings (SSSR count). The third-order valence-electron chi connectivity index (χ3n) is 6.56. The number of hydrogen-bond acceptors (Lipinski definition) is 4. The number of halogens is 3. The molecule has 0 unspecified atom stereocenters. The molecule has 1 aromatic heterocycles. The number of rotatable bonds is 8. The number of fused-ring (bicyclic) bond motifs is 1. The fourth-order valence-corrected chi connectivity index (χ4v) is 4.63. The first-order valence-electron chi connectivity index (χ1n) is 12.4. The van der Waals surface area contributed by atoms with Crippen LogP contribution in [0.2, 0.25) is 0 Å². The summed E-state index contributed by atoms with van der Waals surface area (Å²) in [6.45, 7) is 0.919. The Hall–Kier alpha value is -4.82. The van der Waals surface area contributed by atoms with Gasteiger partial charge in [-0.25, -0.2) is 4.79 Å². The highest BCUT2D eigenvalue weighted by molar-refractivity contribution is 6.16. The van der Waals surface area contributed by atoms with Crippen molar-refractivity contribution in [2.75, 3.05) is 0 Å². The van der Waals surface area contributed by atoms with E-state index in [4.69, 9.17) is 5.11 Å². The van der Waals surface area contributed by atoms with E-state index < -0.39 is 17.7 Å². The van der Waals surface area contributed by atoms with Crippen LogP contribution in [-0.2, 0) is 19.3 Å².